The number of hydrogen-bond acceptors (Lipinski definition) is 2. The normalized spacial score (nSPS) is 22.6. The molecule has 0 saturated heterocycles. The van der Waals surface area contributed by atoms with Crippen molar-refractivity contribution in [3.8, 4) is 0 Å². The summed E-state index contributed by atoms with van der Waals surface area (Å²) in [6.45, 7) is 6.65. The molecule has 17 heavy (non-hydrogen) atoms. The fourth-order valence-corrected chi connectivity index (χ4v) is 2.52. The van der Waals surface area contributed by atoms with E-state index in [1.54, 1.807) is 0 Å². The van der Waals surface area contributed by atoms with Crippen LogP contribution >= 0.6 is 0 Å². The van der Waals surface area contributed by atoms with E-state index in [1.807, 2.05) is 7.05 Å². The summed E-state index contributed by atoms with van der Waals surface area (Å²) in [5, 5.41) is 3.26. The van der Waals surface area contributed by atoms with Gasteiger partial charge in [-0.2, -0.15) is 0 Å². The molecule has 0 aromatic heterocycles. The Balaban J connectivity index is 2.12. The highest BCUT2D eigenvalue weighted by Crippen LogP contribution is 2.39. The second kappa shape index (κ2) is 5.09. The van der Waals surface area contributed by atoms with Crippen molar-refractivity contribution in [3.05, 3.63) is 29.3 Å². The minimum atomic E-state index is 0.906. The summed E-state index contributed by atoms with van der Waals surface area (Å²) in [4.78, 5) is 2.42. The smallest absolute Gasteiger partial charge is 0.0409 e. The van der Waals surface area contributed by atoms with Gasteiger partial charge in [-0.3, -0.25) is 0 Å². The summed E-state index contributed by atoms with van der Waals surface area (Å²) in [6, 6.07) is 6.76. The van der Waals surface area contributed by atoms with Crippen LogP contribution in [0, 0.1) is 18.8 Å². The first-order chi connectivity index (χ1) is 8.11. The Morgan fingerprint density at radius 1 is 1.41 bits per heavy atom. The Labute approximate surface area is 105 Å². The third-order valence-electron chi connectivity index (χ3n) is 3.80. The quantitative estimate of drug-likeness (QED) is 0.840. The molecular weight excluding hydrogens is 208 g/mol. The molecule has 1 aromatic carbocycles. The number of anilines is 1. The molecule has 0 radical (unpaired) electrons. The second-order valence-corrected chi connectivity index (χ2v) is 5.52. The van der Waals surface area contributed by atoms with Crippen molar-refractivity contribution in [2.75, 3.05) is 25.5 Å². The molecule has 2 nitrogen and oxygen atoms in total. The molecular formula is C15H24N2. The number of hydrogen-bond donors (Lipinski definition) is 1. The number of nitrogens with one attached hydrogen (secondary N) is 1. The first kappa shape index (κ1) is 12.4. The molecule has 0 aliphatic heterocycles. The highest BCUT2D eigenvalue weighted by Gasteiger charge is 2.33. The molecule has 94 valence electrons. The molecule has 2 heteroatoms. The van der Waals surface area contributed by atoms with Crippen LogP contribution in [0.3, 0.4) is 0 Å². The maximum absolute atomic E-state index is 3.26. The molecule has 0 bridgehead atoms. The molecule has 1 aromatic rings. The molecule has 0 spiro atoms. The van der Waals surface area contributed by atoms with E-state index in [2.05, 4.69) is 49.3 Å². The molecule has 2 atom stereocenters. The minimum absolute atomic E-state index is 0.906. The highest BCUT2D eigenvalue weighted by molar-refractivity contribution is 5.54. The lowest BCUT2D eigenvalue weighted by Gasteiger charge is -2.23. The third kappa shape index (κ3) is 3.01. The second-order valence-electron chi connectivity index (χ2n) is 5.52. The van der Waals surface area contributed by atoms with Crippen LogP contribution in [-0.2, 0) is 6.54 Å². The summed E-state index contributed by atoms with van der Waals surface area (Å²) in [7, 11) is 4.23. The Kier molecular flexibility index (Phi) is 3.72. The molecule has 0 amide bonds. The summed E-state index contributed by atoms with van der Waals surface area (Å²) >= 11 is 0. The Hall–Kier alpha value is -1.02. The van der Waals surface area contributed by atoms with E-state index in [1.165, 1.54) is 29.8 Å². The van der Waals surface area contributed by atoms with Gasteiger partial charge in [0, 0.05) is 25.8 Å². The monoisotopic (exact) mass is 232 g/mol. The van der Waals surface area contributed by atoms with Crippen molar-refractivity contribution >= 4 is 5.69 Å². The lowest BCUT2D eigenvalue weighted by Crippen LogP contribution is -2.23. The zero-order valence-corrected chi connectivity index (χ0v) is 11.5. The van der Waals surface area contributed by atoms with E-state index in [0.29, 0.717) is 0 Å². The summed E-state index contributed by atoms with van der Waals surface area (Å²) in [6.07, 6.45) is 1.40. The van der Waals surface area contributed by atoms with Crippen LogP contribution in [0.15, 0.2) is 18.2 Å². The van der Waals surface area contributed by atoms with E-state index in [4.69, 9.17) is 0 Å². The third-order valence-corrected chi connectivity index (χ3v) is 3.80. The summed E-state index contributed by atoms with van der Waals surface area (Å²) in [5.41, 5.74) is 4.12. The van der Waals surface area contributed by atoms with Crippen molar-refractivity contribution in [1.82, 2.24) is 5.32 Å². The zero-order valence-electron chi connectivity index (χ0n) is 11.5. The van der Waals surface area contributed by atoms with Gasteiger partial charge >= 0.3 is 0 Å². The summed E-state index contributed by atoms with van der Waals surface area (Å²) in [5.74, 6) is 1.83. The molecule has 0 heterocycles. The van der Waals surface area contributed by atoms with Gasteiger partial charge in [-0.05, 0) is 43.9 Å². The first-order valence-corrected chi connectivity index (χ1v) is 6.57. The topological polar surface area (TPSA) is 15.3 Å². The molecule has 1 saturated carbocycles. The van der Waals surface area contributed by atoms with Crippen LogP contribution in [0.5, 0.6) is 0 Å². The van der Waals surface area contributed by atoms with Gasteiger partial charge in [0.15, 0.2) is 0 Å². The number of benzene rings is 1. The van der Waals surface area contributed by atoms with Gasteiger partial charge in [0.2, 0.25) is 0 Å². The Morgan fingerprint density at radius 2 is 2.12 bits per heavy atom. The van der Waals surface area contributed by atoms with Crippen LogP contribution < -0.4 is 10.2 Å². The van der Waals surface area contributed by atoms with E-state index < -0.39 is 0 Å². The van der Waals surface area contributed by atoms with E-state index in [0.717, 1.165) is 18.4 Å². The largest absolute Gasteiger partial charge is 0.374 e. The van der Waals surface area contributed by atoms with Crippen molar-refractivity contribution in [1.29, 1.82) is 0 Å². The van der Waals surface area contributed by atoms with Crippen LogP contribution in [0.2, 0.25) is 0 Å². The van der Waals surface area contributed by atoms with Gasteiger partial charge in [0.25, 0.3) is 0 Å². The number of rotatable bonds is 5. The molecule has 1 aliphatic rings. The highest BCUT2D eigenvalue weighted by atomic mass is 15.1. The van der Waals surface area contributed by atoms with Gasteiger partial charge < -0.3 is 10.2 Å². The van der Waals surface area contributed by atoms with Crippen molar-refractivity contribution in [2.45, 2.75) is 26.8 Å². The van der Waals surface area contributed by atoms with Crippen LogP contribution in [0.4, 0.5) is 5.69 Å². The Bertz CT molecular complexity index is 387. The average Bonchev–Trinajstić information content (AvgIpc) is 2.94. The summed E-state index contributed by atoms with van der Waals surface area (Å²) < 4.78 is 0. The predicted octanol–water partition coefficient (Wildman–Crippen LogP) is 2.81. The van der Waals surface area contributed by atoms with Gasteiger partial charge in [-0.25, -0.2) is 0 Å². The van der Waals surface area contributed by atoms with E-state index in [-0.39, 0.29) is 0 Å². The average molecular weight is 232 g/mol. The molecule has 1 fully saturated rings. The van der Waals surface area contributed by atoms with Crippen molar-refractivity contribution in [2.24, 2.45) is 11.8 Å². The van der Waals surface area contributed by atoms with Crippen LogP contribution in [0.1, 0.15) is 24.5 Å². The van der Waals surface area contributed by atoms with Gasteiger partial charge in [0.1, 0.15) is 0 Å². The van der Waals surface area contributed by atoms with E-state index >= 15 is 0 Å². The van der Waals surface area contributed by atoms with Crippen molar-refractivity contribution < 1.29 is 0 Å². The molecule has 1 N–H and O–H groups in total. The van der Waals surface area contributed by atoms with Gasteiger partial charge in [-0.15, -0.1) is 0 Å². The van der Waals surface area contributed by atoms with Crippen LogP contribution in [0.25, 0.3) is 0 Å². The zero-order chi connectivity index (χ0) is 12.4. The molecule has 2 rings (SSSR count). The van der Waals surface area contributed by atoms with Crippen LogP contribution in [-0.4, -0.2) is 20.6 Å². The molecule has 1 aliphatic carbocycles. The van der Waals surface area contributed by atoms with E-state index in [9.17, 15) is 0 Å². The fourth-order valence-electron chi connectivity index (χ4n) is 2.52. The predicted molar refractivity (Wildman–Crippen MR) is 74.5 cm³/mol. The number of nitrogens with zero attached hydrogens (tertiary/aromatic N) is 1. The van der Waals surface area contributed by atoms with Gasteiger partial charge in [-0.1, -0.05) is 24.6 Å². The lowest BCUT2D eigenvalue weighted by molar-refractivity contribution is 0.719. The Morgan fingerprint density at radius 3 is 2.71 bits per heavy atom. The SMILES string of the molecule is CNCc1cc(C)ccc1N(C)CC1CC1C. The lowest BCUT2D eigenvalue weighted by atomic mass is 10.1. The number of aryl methyl sites for hydroxylation is 1. The maximum Gasteiger partial charge on any atom is 0.0409 e. The maximum atomic E-state index is 3.26. The first-order valence-electron chi connectivity index (χ1n) is 6.57. The minimum Gasteiger partial charge on any atom is -0.374 e. The fraction of sp³-hybridized carbons (Fsp3) is 0.600. The van der Waals surface area contributed by atoms with Crippen molar-refractivity contribution in [3.63, 3.8) is 0 Å². The van der Waals surface area contributed by atoms with Gasteiger partial charge in [0.05, 0.1) is 0 Å². The standard InChI is InChI=1S/C15H24N2/c1-11-5-6-15(13(7-11)9-16-3)17(4)10-14-8-12(14)2/h5-7,12,14,16H,8-10H2,1-4H3. The molecule has 2 unspecified atom stereocenters.